The maximum atomic E-state index is 14.6. The van der Waals surface area contributed by atoms with E-state index in [9.17, 15) is 19.2 Å². The highest BCUT2D eigenvalue weighted by Crippen LogP contribution is 2.45. The van der Waals surface area contributed by atoms with E-state index in [1.807, 2.05) is 26.0 Å². The second kappa shape index (κ2) is 16.4. The standard InChI is InChI=1S/C29H32N8O4S2.C3H6O2/c1-15(2)10-30-17-6-8-19(42-27-32-13-34-36-27)23-21(17)25(39)24-20(43-28-33-14-35-37-28)9-7-18(22(24)26(23)40)31-11-29(4,5)12-41-16(3)38;1-2-5-3-4/h6-9,13-15,30-31H,10-12H2,1-5H3,(H,32,34,36)(H,33,35,37);3H,2H2,1H3. The highest BCUT2D eigenvalue weighted by molar-refractivity contribution is 7.99. The second-order valence-electron chi connectivity index (χ2n) is 11.8. The van der Waals surface area contributed by atoms with Crippen LogP contribution in [0.4, 0.5) is 11.4 Å². The molecule has 0 fully saturated rings. The van der Waals surface area contributed by atoms with E-state index >= 15 is 0 Å². The van der Waals surface area contributed by atoms with Crippen molar-refractivity contribution in [1.82, 2.24) is 30.4 Å². The Labute approximate surface area is 286 Å². The summed E-state index contributed by atoms with van der Waals surface area (Å²) in [5, 5.41) is 21.2. The van der Waals surface area contributed by atoms with E-state index in [2.05, 4.69) is 59.6 Å². The molecule has 0 radical (unpaired) electrons. The first kappa shape index (κ1) is 36.1. The van der Waals surface area contributed by atoms with Crippen LogP contribution < -0.4 is 10.6 Å². The summed E-state index contributed by atoms with van der Waals surface area (Å²) in [6.45, 7) is 13.3. The number of nitrogens with zero attached hydrogens (tertiary/aromatic N) is 4. The number of aromatic amines is 2. The number of fused-ring (bicyclic) bond motifs is 2. The van der Waals surface area contributed by atoms with Gasteiger partial charge in [0.05, 0.1) is 24.3 Å². The highest BCUT2D eigenvalue weighted by Gasteiger charge is 2.38. The van der Waals surface area contributed by atoms with Crippen LogP contribution in [0.5, 0.6) is 0 Å². The molecule has 16 heteroatoms. The molecular weight excluding hydrogens is 657 g/mol. The van der Waals surface area contributed by atoms with E-state index in [0.29, 0.717) is 74.7 Å². The average molecular weight is 695 g/mol. The molecule has 1 aliphatic carbocycles. The number of benzene rings is 2. The summed E-state index contributed by atoms with van der Waals surface area (Å²) in [6, 6.07) is 7.25. The van der Waals surface area contributed by atoms with Crippen LogP contribution in [-0.2, 0) is 19.1 Å². The number of esters is 1. The van der Waals surface area contributed by atoms with E-state index in [0.717, 1.165) is 0 Å². The number of aromatic nitrogens is 6. The first-order chi connectivity index (χ1) is 23.0. The fourth-order valence-corrected chi connectivity index (χ4v) is 6.24. The molecule has 4 aromatic rings. The molecule has 0 saturated carbocycles. The largest absolute Gasteiger partial charge is 0.468 e. The number of ether oxygens (including phenoxy) is 2. The van der Waals surface area contributed by atoms with Crippen molar-refractivity contribution < 1.29 is 28.7 Å². The minimum atomic E-state index is -0.452. The molecule has 14 nitrogen and oxygen atoms in total. The van der Waals surface area contributed by atoms with Gasteiger partial charge in [-0.1, -0.05) is 27.7 Å². The number of carbonyl (C=O) groups excluding carboxylic acids is 4. The lowest BCUT2D eigenvalue weighted by Crippen LogP contribution is -2.31. The average Bonchev–Trinajstić information content (AvgIpc) is 3.76. The Morgan fingerprint density at radius 3 is 1.81 bits per heavy atom. The zero-order valence-corrected chi connectivity index (χ0v) is 29.1. The Morgan fingerprint density at radius 2 is 1.42 bits per heavy atom. The molecule has 2 aromatic heterocycles. The van der Waals surface area contributed by atoms with Gasteiger partial charge in [-0.2, -0.15) is 10.2 Å². The van der Waals surface area contributed by atoms with Gasteiger partial charge in [0.2, 0.25) is 0 Å². The molecule has 0 unspecified atom stereocenters. The van der Waals surface area contributed by atoms with Crippen LogP contribution in [-0.4, -0.2) is 80.7 Å². The number of ketones is 2. The lowest BCUT2D eigenvalue weighted by Gasteiger charge is -2.29. The van der Waals surface area contributed by atoms with E-state index in [4.69, 9.17) is 4.74 Å². The molecule has 0 atom stereocenters. The monoisotopic (exact) mass is 694 g/mol. The van der Waals surface area contributed by atoms with Gasteiger partial charge in [-0.25, -0.2) is 9.97 Å². The van der Waals surface area contributed by atoms with Crippen molar-refractivity contribution in [1.29, 1.82) is 0 Å². The first-order valence-corrected chi connectivity index (χ1v) is 16.7. The Kier molecular flexibility index (Phi) is 12.4. The zero-order valence-electron chi connectivity index (χ0n) is 27.5. The highest BCUT2D eigenvalue weighted by atomic mass is 32.2. The van der Waals surface area contributed by atoms with Gasteiger partial charge in [0.1, 0.15) is 12.7 Å². The van der Waals surface area contributed by atoms with Crippen molar-refractivity contribution in [3.63, 3.8) is 0 Å². The molecule has 4 N–H and O–H groups in total. The molecule has 0 saturated heterocycles. The van der Waals surface area contributed by atoms with Gasteiger partial charge in [0, 0.05) is 57.7 Å². The van der Waals surface area contributed by atoms with Crippen molar-refractivity contribution in [2.24, 2.45) is 11.3 Å². The van der Waals surface area contributed by atoms with Gasteiger partial charge in [-0.3, -0.25) is 29.4 Å². The number of H-pyrrole nitrogens is 2. The minimum Gasteiger partial charge on any atom is -0.468 e. The molecule has 254 valence electrons. The summed E-state index contributed by atoms with van der Waals surface area (Å²) in [6.07, 6.45) is 2.78. The summed E-state index contributed by atoms with van der Waals surface area (Å²) in [7, 11) is 0. The molecule has 0 amide bonds. The van der Waals surface area contributed by atoms with Crippen LogP contribution in [0.2, 0.25) is 0 Å². The van der Waals surface area contributed by atoms with Crippen molar-refractivity contribution in [2.45, 2.75) is 61.6 Å². The van der Waals surface area contributed by atoms with Gasteiger partial charge in [-0.05, 0) is 60.6 Å². The number of anilines is 2. The lowest BCUT2D eigenvalue weighted by atomic mass is 9.82. The van der Waals surface area contributed by atoms with Gasteiger partial charge in [-0.15, -0.1) is 0 Å². The third-order valence-corrected chi connectivity index (χ3v) is 8.70. The maximum absolute atomic E-state index is 14.6. The second-order valence-corrected chi connectivity index (χ2v) is 13.9. The SMILES string of the molecule is CC(=O)OCC(C)(C)CNc1ccc(Sc2ncn[nH]2)c2c1C(=O)c1c(Sc3ncn[nH]3)ccc(NCC(C)C)c1C2=O.CCOC=O. The normalized spacial score (nSPS) is 12.1. The first-order valence-electron chi connectivity index (χ1n) is 15.1. The fourth-order valence-electron chi connectivity index (χ4n) is 4.56. The molecule has 2 aromatic carbocycles. The summed E-state index contributed by atoms with van der Waals surface area (Å²) in [4.78, 5) is 59.4. The molecule has 5 rings (SSSR count). The smallest absolute Gasteiger partial charge is 0.302 e. The van der Waals surface area contributed by atoms with Crippen LogP contribution in [0.3, 0.4) is 0 Å². The fraction of sp³-hybridized carbons (Fsp3) is 0.375. The van der Waals surface area contributed by atoms with Crippen LogP contribution in [0.1, 0.15) is 73.4 Å². The van der Waals surface area contributed by atoms with Gasteiger partial charge >= 0.3 is 5.97 Å². The summed E-state index contributed by atoms with van der Waals surface area (Å²) in [5.41, 5.74) is 1.82. The molecule has 1 aliphatic rings. The van der Waals surface area contributed by atoms with Crippen molar-refractivity contribution in [3.8, 4) is 0 Å². The number of hydrogen-bond acceptors (Lipinski definition) is 14. The van der Waals surface area contributed by atoms with Crippen LogP contribution in [0, 0.1) is 11.3 Å². The third kappa shape index (κ3) is 9.01. The van der Waals surface area contributed by atoms with Crippen LogP contribution >= 0.6 is 23.5 Å². The third-order valence-electron chi connectivity index (χ3n) is 6.80. The molecule has 0 bridgehead atoms. The summed E-state index contributed by atoms with van der Waals surface area (Å²) >= 11 is 2.46. The van der Waals surface area contributed by atoms with E-state index in [1.165, 1.54) is 43.1 Å². The van der Waals surface area contributed by atoms with Gasteiger partial charge < -0.3 is 20.1 Å². The summed E-state index contributed by atoms with van der Waals surface area (Å²) in [5.74, 6) is -0.625. The maximum Gasteiger partial charge on any atom is 0.302 e. The molecule has 0 spiro atoms. The van der Waals surface area contributed by atoms with Crippen molar-refractivity contribution in [3.05, 3.63) is 59.2 Å². The zero-order chi connectivity index (χ0) is 34.8. The Bertz CT molecular complexity index is 1740. The van der Waals surface area contributed by atoms with E-state index in [1.54, 1.807) is 19.1 Å². The lowest BCUT2D eigenvalue weighted by molar-refractivity contribution is -0.143. The number of nitrogens with one attached hydrogen (secondary N) is 4. The predicted octanol–water partition coefficient (Wildman–Crippen LogP) is 5.25. The summed E-state index contributed by atoms with van der Waals surface area (Å²) < 4.78 is 9.40. The Morgan fingerprint density at radius 1 is 0.896 bits per heavy atom. The number of rotatable bonds is 14. The van der Waals surface area contributed by atoms with Crippen molar-refractivity contribution >= 4 is 58.9 Å². The van der Waals surface area contributed by atoms with E-state index < -0.39 is 5.41 Å². The number of carbonyl (C=O) groups is 4. The Balaban J connectivity index is 0.000000968. The molecule has 0 aliphatic heterocycles. The van der Waals surface area contributed by atoms with Gasteiger partial charge in [0.15, 0.2) is 21.9 Å². The van der Waals surface area contributed by atoms with Crippen molar-refractivity contribution in [2.75, 3.05) is 36.9 Å². The molecular formula is C32H38N8O6S2. The Hall–Kier alpha value is -4.70. The predicted molar refractivity (Wildman–Crippen MR) is 181 cm³/mol. The van der Waals surface area contributed by atoms with Crippen LogP contribution in [0.15, 0.2) is 57.0 Å². The quantitative estimate of drug-likeness (QED) is 0.0870. The molecule has 2 heterocycles. The minimum absolute atomic E-state index is 0.190. The number of hydrogen-bond donors (Lipinski definition) is 4. The van der Waals surface area contributed by atoms with Crippen LogP contribution in [0.25, 0.3) is 0 Å². The topological polar surface area (TPSA) is 194 Å². The van der Waals surface area contributed by atoms with E-state index in [-0.39, 0.29) is 35.3 Å². The van der Waals surface area contributed by atoms with Gasteiger partial charge in [0.25, 0.3) is 6.47 Å². The molecule has 48 heavy (non-hydrogen) atoms.